The average molecular weight is 313 g/mol. The summed E-state index contributed by atoms with van der Waals surface area (Å²) in [5.41, 5.74) is 0. The van der Waals surface area contributed by atoms with Gasteiger partial charge in [-0.05, 0) is 25.2 Å². The molecule has 1 unspecified atom stereocenters. The Hall–Kier alpha value is -1.79. The molecule has 1 aliphatic heterocycles. The fourth-order valence-corrected chi connectivity index (χ4v) is 2.60. The number of aliphatic carboxylic acids is 1. The summed E-state index contributed by atoms with van der Waals surface area (Å²) in [5, 5.41) is 11.8. The van der Waals surface area contributed by atoms with Crippen molar-refractivity contribution in [3.05, 3.63) is 0 Å². The van der Waals surface area contributed by atoms with Crippen molar-refractivity contribution in [2.75, 3.05) is 27.2 Å². The quantitative estimate of drug-likeness (QED) is 0.792. The normalized spacial score (nSPS) is 17.2. The Bertz CT molecular complexity index is 415. The number of nitrogens with zero attached hydrogens (tertiary/aromatic N) is 2. The molecule has 0 saturated carbocycles. The van der Waals surface area contributed by atoms with Crippen LogP contribution in [0.1, 0.15) is 33.1 Å². The van der Waals surface area contributed by atoms with E-state index in [0.717, 1.165) is 0 Å². The van der Waals surface area contributed by atoms with Gasteiger partial charge in [-0.2, -0.15) is 0 Å². The van der Waals surface area contributed by atoms with Gasteiger partial charge in [0.15, 0.2) is 0 Å². The van der Waals surface area contributed by atoms with Gasteiger partial charge in [-0.15, -0.1) is 0 Å². The lowest BCUT2D eigenvalue weighted by molar-refractivity contribution is -0.143. The minimum atomic E-state index is -0.998. The summed E-state index contributed by atoms with van der Waals surface area (Å²) in [7, 11) is 3.40. The molecular weight excluding hydrogens is 286 g/mol. The molecule has 3 amide bonds. The smallest absolute Gasteiger partial charge is 0.326 e. The van der Waals surface area contributed by atoms with Crippen LogP contribution in [0.2, 0.25) is 0 Å². The Morgan fingerprint density at radius 2 is 1.77 bits per heavy atom. The number of carbonyl (C=O) groups is 3. The monoisotopic (exact) mass is 313 g/mol. The standard InChI is InChI=1S/C15H27N3O4/c1-10(2)9-12(14(20)21)16-13(19)11-5-7-18(8-6-11)15(22)17(3)4/h10-12H,5-9H2,1-4H3,(H,16,19)(H,20,21). The predicted octanol–water partition coefficient (Wildman–Crippen LogP) is 0.996. The average Bonchev–Trinajstić information content (AvgIpc) is 2.45. The van der Waals surface area contributed by atoms with Crippen LogP contribution in [0.4, 0.5) is 4.79 Å². The number of urea groups is 1. The Morgan fingerprint density at radius 1 is 1.23 bits per heavy atom. The molecule has 1 heterocycles. The molecule has 1 saturated heterocycles. The van der Waals surface area contributed by atoms with Gasteiger partial charge < -0.3 is 20.2 Å². The molecule has 22 heavy (non-hydrogen) atoms. The highest BCUT2D eigenvalue weighted by molar-refractivity contribution is 5.85. The van der Waals surface area contributed by atoms with Crippen LogP contribution in [0.5, 0.6) is 0 Å². The lowest BCUT2D eigenvalue weighted by Gasteiger charge is -2.33. The molecule has 0 aromatic rings. The molecule has 2 N–H and O–H groups in total. The number of carboxylic acid groups (broad SMARTS) is 1. The van der Waals surface area contributed by atoms with Crippen LogP contribution in [-0.2, 0) is 9.59 Å². The molecule has 1 aliphatic rings. The largest absolute Gasteiger partial charge is 0.480 e. The van der Waals surface area contributed by atoms with Gasteiger partial charge in [-0.25, -0.2) is 9.59 Å². The summed E-state index contributed by atoms with van der Waals surface area (Å²) in [6.07, 6.45) is 1.55. The molecule has 0 aromatic carbocycles. The zero-order valence-electron chi connectivity index (χ0n) is 13.8. The number of carboxylic acids is 1. The van der Waals surface area contributed by atoms with E-state index in [0.29, 0.717) is 32.4 Å². The maximum atomic E-state index is 12.2. The Morgan fingerprint density at radius 3 is 2.18 bits per heavy atom. The molecule has 0 bridgehead atoms. The molecule has 126 valence electrons. The number of piperidine rings is 1. The second-order valence-electron chi connectivity index (χ2n) is 6.47. The van der Waals surface area contributed by atoms with Gasteiger partial charge in [-0.1, -0.05) is 13.8 Å². The first-order valence-corrected chi connectivity index (χ1v) is 7.71. The van der Waals surface area contributed by atoms with E-state index in [4.69, 9.17) is 0 Å². The van der Waals surface area contributed by atoms with Crippen molar-refractivity contribution < 1.29 is 19.5 Å². The number of likely N-dealkylation sites (tertiary alicyclic amines) is 1. The zero-order chi connectivity index (χ0) is 16.9. The molecule has 1 atom stereocenters. The number of carbonyl (C=O) groups excluding carboxylic acids is 2. The van der Waals surface area contributed by atoms with E-state index >= 15 is 0 Å². The lowest BCUT2D eigenvalue weighted by atomic mass is 9.95. The van der Waals surface area contributed by atoms with E-state index in [9.17, 15) is 19.5 Å². The summed E-state index contributed by atoms with van der Waals surface area (Å²) in [6, 6.07) is -0.893. The van der Waals surface area contributed by atoms with Crippen LogP contribution in [0.15, 0.2) is 0 Å². The predicted molar refractivity (Wildman–Crippen MR) is 82.4 cm³/mol. The van der Waals surface area contributed by atoms with Gasteiger partial charge >= 0.3 is 12.0 Å². The zero-order valence-corrected chi connectivity index (χ0v) is 13.8. The third-order valence-electron chi connectivity index (χ3n) is 3.84. The van der Waals surface area contributed by atoms with Crippen molar-refractivity contribution in [3.63, 3.8) is 0 Å². The topological polar surface area (TPSA) is 90.0 Å². The molecule has 7 heteroatoms. The van der Waals surface area contributed by atoms with Crippen LogP contribution >= 0.6 is 0 Å². The number of amides is 3. The second kappa shape index (κ2) is 8.00. The van der Waals surface area contributed by atoms with Crippen molar-refractivity contribution >= 4 is 17.9 Å². The van der Waals surface area contributed by atoms with E-state index in [-0.39, 0.29) is 23.8 Å². The van der Waals surface area contributed by atoms with Crippen molar-refractivity contribution in [3.8, 4) is 0 Å². The number of rotatable bonds is 5. The summed E-state index contributed by atoms with van der Waals surface area (Å²) in [5.74, 6) is -1.24. The van der Waals surface area contributed by atoms with Crippen LogP contribution < -0.4 is 5.32 Å². The summed E-state index contributed by atoms with van der Waals surface area (Å²) in [6.45, 7) is 4.90. The SMILES string of the molecule is CC(C)CC(NC(=O)C1CCN(C(=O)N(C)C)CC1)C(=O)O. The van der Waals surface area contributed by atoms with Crippen LogP contribution in [0.25, 0.3) is 0 Å². The van der Waals surface area contributed by atoms with Gasteiger partial charge in [0.2, 0.25) is 5.91 Å². The summed E-state index contributed by atoms with van der Waals surface area (Å²) < 4.78 is 0. The van der Waals surface area contributed by atoms with E-state index < -0.39 is 12.0 Å². The van der Waals surface area contributed by atoms with E-state index in [1.807, 2.05) is 13.8 Å². The second-order valence-corrected chi connectivity index (χ2v) is 6.47. The summed E-state index contributed by atoms with van der Waals surface area (Å²) in [4.78, 5) is 38.5. The van der Waals surface area contributed by atoms with Crippen molar-refractivity contribution in [1.29, 1.82) is 0 Å². The molecule has 0 aliphatic carbocycles. The fourth-order valence-electron chi connectivity index (χ4n) is 2.60. The Balaban J connectivity index is 2.51. The van der Waals surface area contributed by atoms with Crippen molar-refractivity contribution in [1.82, 2.24) is 15.1 Å². The molecule has 1 fully saturated rings. The number of hydrogen-bond acceptors (Lipinski definition) is 3. The van der Waals surface area contributed by atoms with Gasteiger partial charge in [-0.3, -0.25) is 4.79 Å². The van der Waals surface area contributed by atoms with E-state index in [1.165, 1.54) is 4.90 Å². The first kappa shape index (κ1) is 18.3. The molecule has 0 aromatic heterocycles. The van der Waals surface area contributed by atoms with Crippen molar-refractivity contribution in [2.45, 2.75) is 39.2 Å². The number of hydrogen-bond donors (Lipinski definition) is 2. The molecule has 1 rings (SSSR count). The van der Waals surface area contributed by atoms with Crippen LogP contribution in [0.3, 0.4) is 0 Å². The van der Waals surface area contributed by atoms with E-state index in [2.05, 4.69) is 5.32 Å². The molecule has 0 spiro atoms. The van der Waals surface area contributed by atoms with Gasteiger partial charge in [0, 0.05) is 33.1 Å². The Labute approximate surface area is 131 Å². The molecule has 0 radical (unpaired) electrons. The molecule has 7 nitrogen and oxygen atoms in total. The maximum Gasteiger partial charge on any atom is 0.326 e. The fraction of sp³-hybridized carbons (Fsp3) is 0.800. The number of nitrogens with one attached hydrogen (secondary N) is 1. The minimum Gasteiger partial charge on any atom is -0.480 e. The highest BCUT2D eigenvalue weighted by atomic mass is 16.4. The Kier molecular flexibility index (Phi) is 6.64. The minimum absolute atomic E-state index is 0.0536. The highest BCUT2D eigenvalue weighted by Crippen LogP contribution is 2.19. The third-order valence-corrected chi connectivity index (χ3v) is 3.84. The maximum absolute atomic E-state index is 12.2. The lowest BCUT2D eigenvalue weighted by Crippen LogP contribution is -2.49. The summed E-state index contributed by atoms with van der Waals surface area (Å²) >= 11 is 0. The van der Waals surface area contributed by atoms with Crippen molar-refractivity contribution in [2.24, 2.45) is 11.8 Å². The van der Waals surface area contributed by atoms with Crippen LogP contribution in [-0.4, -0.2) is 66.0 Å². The van der Waals surface area contributed by atoms with Gasteiger partial charge in [0.05, 0.1) is 0 Å². The first-order chi connectivity index (χ1) is 10.2. The van der Waals surface area contributed by atoms with Gasteiger partial charge in [0.25, 0.3) is 0 Å². The van der Waals surface area contributed by atoms with Gasteiger partial charge in [0.1, 0.15) is 6.04 Å². The first-order valence-electron chi connectivity index (χ1n) is 7.71. The van der Waals surface area contributed by atoms with E-state index in [1.54, 1.807) is 19.0 Å². The van der Waals surface area contributed by atoms with Crippen LogP contribution in [0, 0.1) is 11.8 Å². The molecular formula is C15H27N3O4. The highest BCUT2D eigenvalue weighted by Gasteiger charge is 2.30. The third kappa shape index (κ3) is 5.20.